The first-order chi connectivity index (χ1) is 43.3. The van der Waals surface area contributed by atoms with E-state index in [1.165, 1.54) is 161 Å². The van der Waals surface area contributed by atoms with E-state index in [1.807, 2.05) is 0 Å². The fraction of sp³-hybridized carbons (Fsp3) is 0.944. The molecule has 534 valence electrons. The summed E-state index contributed by atoms with van der Waals surface area (Å²) in [5, 5.41) is 10.6. The fourth-order valence-electron chi connectivity index (χ4n) is 10.7. The molecule has 0 aliphatic carbocycles. The van der Waals surface area contributed by atoms with E-state index in [0.29, 0.717) is 31.6 Å². The molecule has 7 atom stereocenters. The molecule has 3 N–H and O–H groups in total. The molecule has 19 heteroatoms. The van der Waals surface area contributed by atoms with E-state index in [2.05, 4.69) is 48.5 Å². The van der Waals surface area contributed by atoms with Crippen LogP contribution in [0.2, 0.25) is 0 Å². The Morgan fingerprint density at radius 2 is 0.567 bits per heavy atom. The number of carbonyl (C=O) groups excluding carboxylic acids is 4. The van der Waals surface area contributed by atoms with Gasteiger partial charge in [-0.3, -0.25) is 37.3 Å². The van der Waals surface area contributed by atoms with Gasteiger partial charge in [0, 0.05) is 25.7 Å². The maximum atomic E-state index is 13.0. The Hall–Kier alpha value is -1.94. The molecule has 0 aromatic rings. The molecule has 0 aliphatic heterocycles. The van der Waals surface area contributed by atoms with Crippen LogP contribution in [-0.2, 0) is 65.4 Å². The van der Waals surface area contributed by atoms with Gasteiger partial charge >= 0.3 is 39.5 Å². The van der Waals surface area contributed by atoms with Crippen molar-refractivity contribution in [3.63, 3.8) is 0 Å². The number of rotatable bonds is 69. The minimum Gasteiger partial charge on any atom is -0.462 e. The van der Waals surface area contributed by atoms with Crippen molar-refractivity contribution in [3.05, 3.63) is 0 Å². The molecule has 0 amide bonds. The summed E-state index contributed by atoms with van der Waals surface area (Å²) in [6, 6.07) is 0. The summed E-state index contributed by atoms with van der Waals surface area (Å²) in [6.07, 6.45) is 46.0. The molecule has 0 aliphatic rings. The summed E-state index contributed by atoms with van der Waals surface area (Å²) in [5.74, 6) is 0.0751. The van der Waals surface area contributed by atoms with Crippen LogP contribution in [0.25, 0.3) is 0 Å². The number of phosphoric acid groups is 2. The number of hydrogen-bond acceptors (Lipinski definition) is 15. The molecule has 0 spiro atoms. The smallest absolute Gasteiger partial charge is 0.462 e. The van der Waals surface area contributed by atoms with Crippen LogP contribution in [0.15, 0.2) is 0 Å². The van der Waals surface area contributed by atoms with Crippen molar-refractivity contribution in [1.82, 2.24) is 0 Å². The van der Waals surface area contributed by atoms with Crippen LogP contribution >= 0.6 is 15.6 Å². The van der Waals surface area contributed by atoms with Crippen molar-refractivity contribution < 1.29 is 80.2 Å². The lowest BCUT2D eigenvalue weighted by molar-refractivity contribution is -0.161. The predicted molar refractivity (Wildman–Crippen MR) is 363 cm³/mol. The van der Waals surface area contributed by atoms with Gasteiger partial charge in [-0.1, -0.05) is 305 Å². The summed E-state index contributed by atoms with van der Waals surface area (Å²) in [4.78, 5) is 72.5. The number of hydrogen-bond donors (Lipinski definition) is 3. The summed E-state index contributed by atoms with van der Waals surface area (Å²) in [7, 11) is -9.90. The molecular weight excluding hydrogens is 1190 g/mol. The van der Waals surface area contributed by atoms with Crippen molar-refractivity contribution in [2.45, 2.75) is 375 Å². The zero-order valence-electron chi connectivity index (χ0n) is 58.6. The molecule has 0 saturated carbocycles. The first-order valence-electron chi connectivity index (χ1n) is 36.9. The van der Waals surface area contributed by atoms with E-state index < -0.39 is 97.5 Å². The van der Waals surface area contributed by atoms with Crippen molar-refractivity contribution in [2.75, 3.05) is 39.6 Å². The number of aliphatic hydroxyl groups excluding tert-OH is 1. The first kappa shape index (κ1) is 88.1. The molecule has 0 fully saturated rings. The van der Waals surface area contributed by atoms with Crippen LogP contribution in [0.1, 0.15) is 357 Å². The summed E-state index contributed by atoms with van der Waals surface area (Å²) in [6.45, 7) is 11.8. The molecule has 0 aromatic carbocycles. The molecule has 0 bridgehead atoms. The van der Waals surface area contributed by atoms with Crippen LogP contribution in [0.3, 0.4) is 0 Å². The second kappa shape index (κ2) is 61.9. The van der Waals surface area contributed by atoms with Crippen LogP contribution in [0.4, 0.5) is 0 Å². The SMILES string of the molecule is CCCCCCCCCCCCCCCCCCCCC(=O)O[C@H](COC(=O)CCCCCCCCCCC(C)CC)COP(=O)(O)OC[C@@H](O)COP(=O)(O)OC[C@@H](COC(=O)CCCCCCCCC(C)CC)OC(=O)CCCCCCCCCC(C)C. The highest BCUT2D eigenvalue weighted by Gasteiger charge is 2.30. The Labute approximate surface area is 549 Å². The lowest BCUT2D eigenvalue weighted by Crippen LogP contribution is -2.30. The topological polar surface area (TPSA) is 237 Å². The highest BCUT2D eigenvalue weighted by atomic mass is 31.2. The summed E-state index contributed by atoms with van der Waals surface area (Å²) >= 11 is 0. The van der Waals surface area contributed by atoms with Crippen LogP contribution < -0.4 is 0 Å². The van der Waals surface area contributed by atoms with Crippen LogP contribution in [-0.4, -0.2) is 96.7 Å². The molecule has 90 heavy (non-hydrogen) atoms. The average molecular weight is 1330 g/mol. The highest BCUT2D eigenvalue weighted by Crippen LogP contribution is 2.45. The van der Waals surface area contributed by atoms with Crippen LogP contribution in [0, 0.1) is 17.8 Å². The van der Waals surface area contributed by atoms with E-state index in [1.54, 1.807) is 0 Å². The van der Waals surface area contributed by atoms with Crippen molar-refractivity contribution in [2.24, 2.45) is 17.8 Å². The van der Waals surface area contributed by atoms with E-state index in [0.717, 1.165) is 108 Å². The van der Waals surface area contributed by atoms with Gasteiger partial charge < -0.3 is 33.8 Å². The quantitative estimate of drug-likeness (QED) is 0.0222. The minimum absolute atomic E-state index is 0.102. The molecule has 0 heterocycles. The van der Waals surface area contributed by atoms with Gasteiger partial charge in [0.2, 0.25) is 0 Å². The number of carbonyl (C=O) groups is 4. The number of ether oxygens (including phenoxy) is 4. The maximum Gasteiger partial charge on any atom is 0.472 e. The third kappa shape index (κ3) is 62.2. The molecule has 0 rings (SSSR count). The Kier molecular flexibility index (Phi) is 60.6. The molecule has 0 saturated heterocycles. The van der Waals surface area contributed by atoms with Crippen molar-refractivity contribution in [3.8, 4) is 0 Å². The average Bonchev–Trinajstić information content (AvgIpc) is 3.10. The lowest BCUT2D eigenvalue weighted by Gasteiger charge is -2.21. The molecular formula is C71H138O17P2. The van der Waals surface area contributed by atoms with Gasteiger partial charge in [-0.15, -0.1) is 0 Å². The zero-order valence-corrected chi connectivity index (χ0v) is 60.4. The van der Waals surface area contributed by atoms with Gasteiger partial charge in [0.25, 0.3) is 0 Å². The second-order valence-corrected chi connectivity index (χ2v) is 29.5. The van der Waals surface area contributed by atoms with E-state index in [-0.39, 0.29) is 25.7 Å². The van der Waals surface area contributed by atoms with Crippen molar-refractivity contribution >= 4 is 39.5 Å². The standard InChI is InChI=1S/C71H138O17P2/c1-8-11-12-13-14-15-16-17-18-19-20-21-22-23-24-31-40-47-54-70(75)87-66(58-81-68(73)52-45-38-30-26-25-29-36-43-50-63(6)9-2)60-85-89(77,78)83-56-65(72)57-84-90(79,80)86-61-67(88-71(76)55-48-41-32-27-28-35-42-49-62(4)5)59-82-69(74)53-46-39-34-33-37-44-51-64(7)10-3/h62-67,72H,8-61H2,1-7H3,(H,77,78)(H,79,80)/t63?,64?,65-,66-,67-/m1/s1. The number of phosphoric ester groups is 2. The number of esters is 4. The Morgan fingerprint density at radius 1 is 0.322 bits per heavy atom. The Bertz CT molecular complexity index is 1770. The third-order valence-electron chi connectivity index (χ3n) is 17.1. The molecule has 0 aromatic heterocycles. The van der Waals surface area contributed by atoms with Gasteiger partial charge in [0.15, 0.2) is 12.2 Å². The third-order valence-corrected chi connectivity index (χ3v) is 19.0. The Morgan fingerprint density at radius 3 is 0.844 bits per heavy atom. The van der Waals surface area contributed by atoms with E-state index >= 15 is 0 Å². The van der Waals surface area contributed by atoms with Gasteiger partial charge in [-0.05, 0) is 43.4 Å². The summed E-state index contributed by atoms with van der Waals surface area (Å²) in [5.41, 5.74) is 0. The van der Waals surface area contributed by atoms with Gasteiger partial charge in [0.1, 0.15) is 19.3 Å². The fourth-order valence-corrected chi connectivity index (χ4v) is 12.2. The predicted octanol–water partition coefficient (Wildman–Crippen LogP) is 20.2. The lowest BCUT2D eigenvalue weighted by atomic mass is 9.99. The zero-order chi connectivity index (χ0) is 66.6. The van der Waals surface area contributed by atoms with Gasteiger partial charge in [0.05, 0.1) is 26.4 Å². The largest absolute Gasteiger partial charge is 0.472 e. The Balaban J connectivity index is 5.23. The van der Waals surface area contributed by atoms with E-state index in [9.17, 15) is 43.2 Å². The second-order valence-electron chi connectivity index (χ2n) is 26.6. The van der Waals surface area contributed by atoms with Gasteiger partial charge in [-0.25, -0.2) is 9.13 Å². The first-order valence-corrected chi connectivity index (χ1v) is 39.9. The van der Waals surface area contributed by atoms with Crippen LogP contribution in [0.5, 0.6) is 0 Å². The highest BCUT2D eigenvalue weighted by molar-refractivity contribution is 7.47. The number of unbranched alkanes of at least 4 members (excludes halogenated alkanes) is 35. The maximum absolute atomic E-state index is 13.0. The normalized spacial score (nSPS) is 14.8. The molecule has 17 nitrogen and oxygen atoms in total. The molecule has 4 unspecified atom stereocenters. The van der Waals surface area contributed by atoms with Gasteiger partial charge in [-0.2, -0.15) is 0 Å². The van der Waals surface area contributed by atoms with Crippen molar-refractivity contribution in [1.29, 1.82) is 0 Å². The van der Waals surface area contributed by atoms with E-state index in [4.69, 9.17) is 37.0 Å². The monoisotopic (exact) mass is 1320 g/mol. The molecule has 0 radical (unpaired) electrons. The minimum atomic E-state index is -4.95. The number of aliphatic hydroxyl groups is 1. The summed E-state index contributed by atoms with van der Waals surface area (Å²) < 4.78 is 68.3.